The lowest BCUT2D eigenvalue weighted by molar-refractivity contribution is 0.601. The molecule has 0 unspecified atom stereocenters. The maximum Gasteiger partial charge on any atom is 0.262 e. The van der Waals surface area contributed by atoms with Crippen LogP contribution in [0.1, 0.15) is 0 Å². The van der Waals surface area contributed by atoms with Crippen LogP contribution in [0.5, 0.6) is 0 Å². The van der Waals surface area contributed by atoms with Crippen LogP contribution in [-0.2, 0) is 10.0 Å². The van der Waals surface area contributed by atoms with Crippen LogP contribution >= 0.6 is 43.5 Å². The third-order valence-corrected chi connectivity index (χ3v) is 5.12. The van der Waals surface area contributed by atoms with Gasteiger partial charge < -0.3 is 5.73 Å². The average Bonchev–Trinajstić information content (AvgIpc) is 2.36. The van der Waals surface area contributed by atoms with Crippen LogP contribution in [0.3, 0.4) is 0 Å². The predicted molar refractivity (Wildman–Crippen MR) is 86.3 cm³/mol. The highest BCUT2D eigenvalue weighted by molar-refractivity contribution is 9.10. The van der Waals surface area contributed by atoms with Gasteiger partial charge in [-0.1, -0.05) is 11.6 Å². The summed E-state index contributed by atoms with van der Waals surface area (Å²) in [4.78, 5) is 3.91. The summed E-state index contributed by atoms with van der Waals surface area (Å²) >= 11 is 12.2. The van der Waals surface area contributed by atoms with E-state index in [1.54, 1.807) is 0 Å². The van der Waals surface area contributed by atoms with Crippen molar-refractivity contribution in [1.29, 1.82) is 0 Å². The highest BCUT2D eigenvalue weighted by Gasteiger charge is 2.17. The van der Waals surface area contributed by atoms with E-state index in [0.717, 1.165) is 0 Å². The van der Waals surface area contributed by atoms with Crippen LogP contribution in [0.15, 0.2) is 44.3 Å². The standard InChI is InChI=1S/C11H8Br2ClN3O2S/c12-6-3-10(11(14)16-5-6)17-20(18,19)7-1-2-9(15)8(13)4-7/h1-5,17H,15H2. The molecular weight excluding hydrogens is 433 g/mol. The Morgan fingerprint density at radius 1 is 1.25 bits per heavy atom. The van der Waals surface area contributed by atoms with Crippen molar-refractivity contribution in [3.05, 3.63) is 44.6 Å². The van der Waals surface area contributed by atoms with Gasteiger partial charge in [-0.15, -0.1) is 0 Å². The number of sulfonamides is 1. The van der Waals surface area contributed by atoms with Gasteiger partial charge in [0.2, 0.25) is 0 Å². The maximum atomic E-state index is 12.3. The van der Waals surface area contributed by atoms with E-state index in [0.29, 0.717) is 14.6 Å². The number of nitrogen functional groups attached to an aromatic ring is 1. The van der Waals surface area contributed by atoms with Crippen LogP contribution in [0.4, 0.5) is 11.4 Å². The van der Waals surface area contributed by atoms with Gasteiger partial charge in [-0.05, 0) is 56.1 Å². The molecule has 0 radical (unpaired) electrons. The highest BCUT2D eigenvalue weighted by Crippen LogP contribution is 2.28. The van der Waals surface area contributed by atoms with Crippen LogP contribution in [0.25, 0.3) is 0 Å². The third-order valence-electron chi connectivity index (χ3n) is 2.33. The van der Waals surface area contributed by atoms with Crippen LogP contribution in [-0.4, -0.2) is 13.4 Å². The van der Waals surface area contributed by atoms with Gasteiger partial charge in [-0.25, -0.2) is 13.4 Å². The average molecular weight is 442 g/mol. The largest absolute Gasteiger partial charge is 0.398 e. The Bertz CT molecular complexity index is 768. The highest BCUT2D eigenvalue weighted by atomic mass is 79.9. The number of aromatic nitrogens is 1. The van der Waals surface area contributed by atoms with Crippen LogP contribution < -0.4 is 10.5 Å². The van der Waals surface area contributed by atoms with Crippen molar-refractivity contribution >= 4 is 64.9 Å². The second kappa shape index (κ2) is 5.88. The molecule has 0 spiro atoms. The van der Waals surface area contributed by atoms with Crippen LogP contribution in [0, 0.1) is 0 Å². The summed E-state index contributed by atoms with van der Waals surface area (Å²) in [6.45, 7) is 0. The Balaban J connectivity index is 2.40. The number of pyridine rings is 1. The monoisotopic (exact) mass is 439 g/mol. The van der Waals surface area contributed by atoms with E-state index in [1.807, 2.05) is 0 Å². The lowest BCUT2D eigenvalue weighted by Gasteiger charge is -2.10. The number of hydrogen-bond donors (Lipinski definition) is 2. The number of anilines is 2. The molecule has 2 aromatic rings. The Kier molecular flexibility index (Phi) is 4.58. The number of benzene rings is 1. The molecule has 0 aliphatic carbocycles. The predicted octanol–water partition coefficient (Wildman–Crippen LogP) is 3.64. The minimum absolute atomic E-state index is 0.0614. The van der Waals surface area contributed by atoms with Crippen molar-refractivity contribution in [2.75, 3.05) is 10.5 Å². The topological polar surface area (TPSA) is 85.1 Å². The van der Waals surface area contributed by atoms with Gasteiger partial charge in [0.05, 0.1) is 10.6 Å². The molecule has 3 N–H and O–H groups in total. The fraction of sp³-hybridized carbons (Fsp3) is 0. The van der Waals surface area contributed by atoms with Gasteiger partial charge in [-0.2, -0.15) is 0 Å². The van der Waals surface area contributed by atoms with Gasteiger partial charge in [0.15, 0.2) is 5.15 Å². The molecule has 0 saturated carbocycles. The molecule has 0 aliphatic rings. The number of nitrogens with two attached hydrogens (primary N) is 1. The van der Waals surface area contributed by atoms with Gasteiger partial charge >= 0.3 is 0 Å². The number of nitrogens with zero attached hydrogens (tertiary/aromatic N) is 1. The fourth-order valence-electron chi connectivity index (χ4n) is 1.37. The smallest absolute Gasteiger partial charge is 0.262 e. The second-order valence-corrected chi connectivity index (χ2v) is 7.59. The van der Waals surface area contributed by atoms with Gasteiger partial charge in [-0.3, -0.25) is 4.72 Å². The first-order valence-electron chi connectivity index (χ1n) is 5.18. The zero-order chi connectivity index (χ0) is 14.9. The minimum atomic E-state index is -3.77. The van der Waals surface area contributed by atoms with Gasteiger partial charge in [0, 0.05) is 20.8 Å². The Morgan fingerprint density at radius 2 is 1.95 bits per heavy atom. The molecular formula is C11H8Br2ClN3O2S. The molecule has 0 saturated heterocycles. The molecule has 20 heavy (non-hydrogen) atoms. The number of nitrogens with one attached hydrogen (secondary N) is 1. The van der Waals surface area contributed by atoms with E-state index >= 15 is 0 Å². The molecule has 2 rings (SSSR count). The normalized spacial score (nSPS) is 11.3. The molecule has 1 heterocycles. The molecule has 0 amide bonds. The number of halogens is 3. The molecule has 9 heteroatoms. The van der Waals surface area contributed by atoms with Crippen molar-refractivity contribution in [1.82, 2.24) is 4.98 Å². The van der Waals surface area contributed by atoms with E-state index in [-0.39, 0.29) is 15.7 Å². The first-order chi connectivity index (χ1) is 9.29. The fourth-order valence-corrected chi connectivity index (χ4v) is 3.52. The zero-order valence-electron chi connectivity index (χ0n) is 9.77. The van der Waals surface area contributed by atoms with E-state index < -0.39 is 10.0 Å². The molecule has 1 aromatic carbocycles. The summed E-state index contributed by atoms with van der Waals surface area (Å²) in [5.41, 5.74) is 6.27. The zero-order valence-corrected chi connectivity index (χ0v) is 14.5. The van der Waals surface area contributed by atoms with Crippen molar-refractivity contribution in [3.63, 3.8) is 0 Å². The molecule has 0 fully saturated rings. The summed E-state index contributed by atoms with van der Waals surface area (Å²) in [5, 5.41) is 0.0614. The molecule has 1 aromatic heterocycles. The summed E-state index contributed by atoms with van der Waals surface area (Å²) in [7, 11) is -3.77. The Hall–Kier alpha value is -0.830. The third kappa shape index (κ3) is 3.43. The molecule has 0 atom stereocenters. The van der Waals surface area contributed by atoms with Crippen molar-refractivity contribution in [3.8, 4) is 0 Å². The van der Waals surface area contributed by atoms with E-state index in [4.69, 9.17) is 17.3 Å². The van der Waals surface area contributed by atoms with Gasteiger partial charge in [0.1, 0.15) is 0 Å². The lowest BCUT2D eigenvalue weighted by Crippen LogP contribution is -2.13. The van der Waals surface area contributed by atoms with Crippen LogP contribution in [0.2, 0.25) is 5.15 Å². The second-order valence-electron chi connectivity index (χ2n) is 3.78. The van der Waals surface area contributed by atoms with Crippen molar-refractivity contribution in [2.45, 2.75) is 4.90 Å². The first-order valence-corrected chi connectivity index (χ1v) is 8.63. The summed E-state index contributed by atoms with van der Waals surface area (Å²) in [6.07, 6.45) is 1.47. The Morgan fingerprint density at radius 3 is 2.60 bits per heavy atom. The SMILES string of the molecule is Nc1ccc(S(=O)(=O)Nc2cc(Br)cnc2Cl)cc1Br. The van der Waals surface area contributed by atoms with Crippen molar-refractivity contribution in [2.24, 2.45) is 0 Å². The maximum absolute atomic E-state index is 12.3. The van der Waals surface area contributed by atoms with Gasteiger partial charge in [0.25, 0.3) is 10.0 Å². The van der Waals surface area contributed by atoms with E-state index in [2.05, 4.69) is 41.6 Å². The molecule has 0 aliphatic heterocycles. The first kappa shape index (κ1) is 15.6. The summed E-state index contributed by atoms with van der Waals surface area (Å²) in [6, 6.07) is 5.84. The minimum Gasteiger partial charge on any atom is -0.398 e. The van der Waals surface area contributed by atoms with E-state index in [1.165, 1.54) is 30.5 Å². The summed E-state index contributed by atoms with van der Waals surface area (Å²) < 4.78 is 28.0. The summed E-state index contributed by atoms with van der Waals surface area (Å²) in [5.74, 6) is 0. The molecule has 106 valence electrons. The molecule has 0 bridgehead atoms. The van der Waals surface area contributed by atoms with Crippen molar-refractivity contribution < 1.29 is 8.42 Å². The quantitative estimate of drug-likeness (QED) is 0.563. The number of hydrogen-bond acceptors (Lipinski definition) is 4. The lowest BCUT2D eigenvalue weighted by atomic mass is 10.3. The molecule has 5 nitrogen and oxygen atoms in total. The number of rotatable bonds is 3. The van der Waals surface area contributed by atoms with E-state index in [9.17, 15) is 8.42 Å². The Labute approximate surface area is 137 Å².